The summed E-state index contributed by atoms with van der Waals surface area (Å²) in [4.78, 5) is 25.0. The van der Waals surface area contributed by atoms with Gasteiger partial charge in [-0.2, -0.15) is 0 Å². The molecule has 0 unspecified atom stereocenters. The van der Waals surface area contributed by atoms with Crippen molar-refractivity contribution in [3.05, 3.63) is 23.8 Å². The number of rotatable bonds is 8. The van der Waals surface area contributed by atoms with E-state index in [9.17, 15) is 9.59 Å². The lowest BCUT2D eigenvalue weighted by Gasteiger charge is -2.36. The predicted octanol–water partition coefficient (Wildman–Crippen LogP) is 5.50. The smallest absolute Gasteiger partial charge is 0.313 e. The highest BCUT2D eigenvalue weighted by Gasteiger charge is 2.39. The van der Waals surface area contributed by atoms with Crippen molar-refractivity contribution in [2.24, 2.45) is 11.3 Å². The Morgan fingerprint density at radius 1 is 1.23 bits per heavy atom. The maximum absolute atomic E-state index is 13.3. The maximum Gasteiger partial charge on any atom is 0.313 e. The molecule has 2 N–H and O–H groups in total. The van der Waals surface area contributed by atoms with E-state index in [4.69, 9.17) is 5.11 Å². The molecule has 26 heavy (non-hydrogen) atoms. The summed E-state index contributed by atoms with van der Waals surface area (Å²) in [7, 11) is 0. The lowest BCUT2D eigenvalue weighted by atomic mass is 9.69. The molecule has 1 saturated carbocycles. The number of carbonyl (C=O) groups excluding carboxylic acids is 1. The van der Waals surface area contributed by atoms with E-state index < -0.39 is 5.97 Å². The van der Waals surface area contributed by atoms with E-state index in [0.717, 1.165) is 54.7 Å². The van der Waals surface area contributed by atoms with Gasteiger partial charge in [0, 0.05) is 10.3 Å². The molecule has 2 rings (SSSR count). The topological polar surface area (TPSA) is 66.4 Å². The average Bonchev–Trinajstić information content (AvgIpc) is 2.60. The van der Waals surface area contributed by atoms with Crippen molar-refractivity contribution in [1.29, 1.82) is 0 Å². The lowest BCUT2D eigenvalue weighted by molar-refractivity contribution is -0.134. The first-order valence-electron chi connectivity index (χ1n) is 9.59. The number of thioether (sulfide) groups is 1. The van der Waals surface area contributed by atoms with Gasteiger partial charge in [-0.05, 0) is 56.2 Å². The molecular formula is C21H31NO3S. The van der Waals surface area contributed by atoms with Gasteiger partial charge in [0.2, 0.25) is 5.91 Å². The van der Waals surface area contributed by atoms with E-state index >= 15 is 0 Å². The molecule has 1 amide bonds. The number of carbonyl (C=O) groups is 2. The van der Waals surface area contributed by atoms with Crippen molar-refractivity contribution in [3.8, 4) is 0 Å². The van der Waals surface area contributed by atoms with Gasteiger partial charge >= 0.3 is 5.97 Å². The van der Waals surface area contributed by atoms with Crippen molar-refractivity contribution in [2.45, 2.75) is 70.6 Å². The predicted molar refractivity (Wildman–Crippen MR) is 108 cm³/mol. The number of nitrogens with one attached hydrogen (secondary N) is 1. The Balaban J connectivity index is 2.19. The highest BCUT2D eigenvalue weighted by Crippen LogP contribution is 2.42. The van der Waals surface area contributed by atoms with Crippen LogP contribution >= 0.6 is 11.8 Å². The molecule has 0 bridgehead atoms. The van der Waals surface area contributed by atoms with Gasteiger partial charge in [-0.25, -0.2) is 0 Å². The zero-order valence-corrected chi connectivity index (χ0v) is 17.0. The largest absolute Gasteiger partial charge is 0.481 e. The Morgan fingerprint density at radius 2 is 1.92 bits per heavy atom. The third-order valence-corrected chi connectivity index (χ3v) is 6.29. The highest BCUT2D eigenvalue weighted by molar-refractivity contribution is 8.00. The molecule has 5 heteroatoms. The molecule has 1 aromatic carbocycles. The second-order valence-electron chi connectivity index (χ2n) is 7.91. The van der Waals surface area contributed by atoms with E-state index in [2.05, 4.69) is 19.2 Å². The van der Waals surface area contributed by atoms with E-state index in [-0.39, 0.29) is 17.1 Å². The van der Waals surface area contributed by atoms with Crippen LogP contribution in [0.5, 0.6) is 0 Å². The minimum absolute atomic E-state index is 0.00950. The van der Waals surface area contributed by atoms with Crippen molar-refractivity contribution in [3.63, 3.8) is 0 Å². The Bertz CT molecular complexity index is 636. The number of hydrogen-bond donors (Lipinski definition) is 2. The summed E-state index contributed by atoms with van der Waals surface area (Å²) in [6, 6.07) is 5.80. The van der Waals surface area contributed by atoms with Crippen molar-refractivity contribution >= 4 is 29.3 Å². The van der Waals surface area contributed by atoms with Crippen LogP contribution in [0, 0.1) is 18.3 Å². The molecule has 1 aliphatic rings. The number of amides is 1. The fourth-order valence-electron chi connectivity index (χ4n) is 3.65. The molecule has 0 radical (unpaired) electrons. The molecule has 4 nitrogen and oxygen atoms in total. The molecule has 0 aromatic heterocycles. The van der Waals surface area contributed by atoms with E-state index in [0.29, 0.717) is 5.92 Å². The van der Waals surface area contributed by atoms with Gasteiger partial charge in [0.05, 0.1) is 11.4 Å². The summed E-state index contributed by atoms with van der Waals surface area (Å²) in [6.45, 7) is 6.39. The monoisotopic (exact) mass is 377 g/mol. The van der Waals surface area contributed by atoms with E-state index in [1.807, 2.05) is 25.1 Å². The summed E-state index contributed by atoms with van der Waals surface area (Å²) in [5.74, 6) is -0.166. The zero-order valence-electron chi connectivity index (χ0n) is 16.1. The molecule has 144 valence electrons. The number of aliphatic carboxylic acids is 1. The van der Waals surface area contributed by atoms with Gasteiger partial charge < -0.3 is 10.4 Å². The molecule has 1 aliphatic carbocycles. The first-order chi connectivity index (χ1) is 12.3. The standard InChI is InChI=1S/C21H31NO3S/c1-15(2)9-12-21(10-5-4-6-11-21)20(25)22-17-13-16(3)7-8-18(17)26-14-19(23)24/h7-8,13,15H,4-6,9-12,14H2,1-3H3,(H,22,25)(H,23,24). The van der Waals surface area contributed by atoms with Crippen LogP contribution < -0.4 is 5.32 Å². The number of aryl methyl sites for hydroxylation is 1. The first kappa shape index (κ1) is 20.8. The highest BCUT2D eigenvalue weighted by atomic mass is 32.2. The fraction of sp³-hybridized carbons (Fsp3) is 0.619. The van der Waals surface area contributed by atoms with Gasteiger partial charge in [-0.15, -0.1) is 11.8 Å². The minimum atomic E-state index is -0.853. The summed E-state index contributed by atoms with van der Waals surface area (Å²) >= 11 is 1.26. The van der Waals surface area contributed by atoms with Crippen LogP contribution in [-0.4, -0.2) is 22.7 Å². The van der Waals surface area contributed by atoms with Crippen LogP contribution in [-0.2, 0) is 9.59 Å². The molecule has 1 fully saturated rings. The second-order valence-corrected chi connectivity index (χ2v) is 8.93. The van der Waals surface area contributed by atoms with Crippen molar-refractivity contribution in [2.75, 3.05) is 11.1 Å². The number of hydrogen-bond acceptors (Lipinski definition) is 3. The number of anilines is 1. The Kier molecular flexibility index (Phi) is 7.56. The number of carboxylic acid groups (broad SMARTS) is 1. The summed E-state index contributed by atoms with van der Waals surface area (Å²) < 4.78 is 0. The SMILES string of the molecule is Cc1ccc(SCC(=O)O)c(NC(=O)C2(CCC(C)C)CCCCC2)c1. The number of carboxylic acids is 1. The molecule has 0 aliphatic heterocycles. The van der Waals surface area contributed by atoms with Crippen LogP contribution in [0.4, 0.5) is 5.69 Å². The van der Waals surface area contributed by atoms with Crippen LogP contribution in [0.25, 0.3) is 0 Å². The molecule has 0 saturated heterocycles. The second kappa shape index (κ2) is 9.45. The molecule has 0 heterocycles. The minimum Gasteiger partial charge on any atom is -0.481 e. The zero-order chi connectivity index (χ0) is 19.2. The fourth-order valence-corrected chi connectivity index (χ4v) is 4.35. The van der Waals surface area contributed by atoms with Crippen molar-refractivity contribution in [1.82, 2.24) is 0 Å². The van der Waals surface area contributed by atoms with Gasteiger partial charge in [0.25, 0.3) is 0 Å². The average molecular weight is 378 g/mol. The lowest BCUT2D eigenvalue weighted by Crippen LogP contribution is -2.38. The quantitative estimate of drug-likeness (QED) is 0.587. The normalized spacial score (nSPS) is 16.5. The molecule has 0 spiro atoms. The molecule has 1 aromatic rings. The molecular weight excluding hydrogens is 346 g/mol. The van der Waals surface area contributed by atoms with Gasteiger partial charge in [-0.3, -0.25) is 9.59 Å². The van der Waals surface area contributed by atoms with Gasteiger partial charge in [0.1, 0.15) is 0 Å². The third-order valence-electron chi connectivity index (χ3n) is 5.23. The Hall–Kier alpha value is -1.49. The van der Waals surface area contributed by atoms with E-state index in [1.54, 1.807) is 0 Å². The first-order valence-corrected chi connectivity index (χ1v) is 10.6. The van der Waals surface area contributed by atoms with E-state index in [1.165, 1.54) is 18.2 Å². The number of benzene rings is 1. The summed E-state index contributed by atoms with van der Waals surface area (Å²) in [6.07, 6.45) is 7.33. The van der Waals surface area contributed by atoms with Crippen LogP contribution in [0.1, 0.15) is 64.4 Å². The van der Waals surface area contributed by atoms with Crippen LogP contribution in [0.2, 0.25) is 0 Å². The Labute approximate surface area is 161 Å². The third kappa shape index (κ3) is 5.76. The van der Waals surface area contributed by atoms with Gasteiger partial charge in [-0.1, -0.05) is 39.2 Å². The van der Waals surface area contributed by atoms with Crippen molar-refractivity contribution < 1.29 is 14.7 Å². The summed E-state index contributed by atoms with van der Waals surface area (Å²) in [5.41, 5.74) is 1.52. The maximum atomic E-state index is 13.3. The van der Waals surface area contributed by atoms with Crippen LogP contribution in [0.15, 0.2) is 23.1 Å². The van der Waals surface area contributed by atoms with Crippen LogP contribution in [0.3, 0.4) is 0 Å². The summed E-state index contributed by atoms with van der Waals surface area (Å²) in [5, 5.41) is 12.1. The van der Waals surface area contributed by atoms with Gasteiger partial charge in [0.15, 0.2) is 0 Å². The molecule has 0 atom stereocenters. The Morgan fingerprint density at radius 3 is 2.54 bits per heavy atom.